The Morgan fingerprint density at radius 1 is 0.862 bits per heavy atom. The summed E-state index contributed by atoms with van der Waals surface area (Å²) in [6.07, 6.45) is 0. The Morgan fingerprint density at radius 2 is 1.62 bits per heavy atom. The summed E-state index contributed by atoms with van der Waals surface area (Å²) in [5.74, 6) is -0.665. The number of phenols is 1. The van der Waals surface area contributed by atoms with E-state index in [1.54, 1.807) is 42.5 Å². The SMILES string of the molecule is O=C(Nc1ccccc1)c1cc2ccccc2c(N=Nc2cccc(Cl)c2)c1O. The van der Waals surface area contributed by atoms with Gasteiger partial charge in [-0.2, -0.15) is 5.11 Å². The molecule has 142 valence electrons. The smallest absolute Gasteiger partial charge is 0.259 e. The van der Waals surface area contributed by atoms with Crippen molar-refractivity contribution >= 4 is 45.3 Å². The van der Waals surface area contributed by atoms with Gasteiger partial charge in [0.15, 0.2) is 5.75 Å². The number of hydrogen-bond donors (Lipinski definition) is 2. The molecule has 0 aromatic heterocycles. The fourth-order valence-electron chi connectivity index (χ4n) is 2.96. The maximum Gasteiger partial charge on any atom is 0.259 e. The van der Waals surface area contributed by atoms with E-state index in [0.29, 0.717) is 21.8 Å². The first-order valence-corrected chi connectivity index (χ1v) is 9.28. The van der Waals surface area contributed by atoms with E-state index in [9.17, 15) is 9.90 Å². The first-order chi connectivity index (χ1) is 14.1. The largest absolute Gasteiger partial charge is 0.505 e. The quantitative estimate of drug-likeness (QED) is 0.366. The summed E-state index contributed by atoms with van der Waals surface area (Å²) in [7, 11) is 0. The van der Waals surface area contributed by atoms with Gasteiger partial charge in [0.1, 0.15) is 5.69 Å². The van der Waals surface area contributed by atoms with Crippen LogP contribution in [-0.4, -0.2) is 11.0 Å². The second-order valence-corrected chi connectivity index (χ2v) is 6.78. The third-order valence-electron chi connectivity index (χ3n) is 4.35. The monoisotopic (exact) mass is 401 g/mol. The van der Waals surface area contributed by atoms with E-state index in [1.165, 1.54) is 0 Å². The number of rotatable bonds is 4. The van der Waals surface area contributed by atoms with Crippen molar-refractivity contribution in [3.8, 4) is 5.75 Å². The molecule has 0 unspecified atom stereocenters. The average Bonchev–Trinajstić information content (AvgIpc) is 2.73. The van der Waals surface area contributed by atoms with Crippen molar-refractivity contribution in [3.63, 3.8) is 0 Å². The Morgan fingerprint density at radius 3 is 2.41 bits per heavy atom. The zero-order chi connectivity index (χ0) is 20.2. The summed E-state index contributed by atoms with van der Waals surface area (Å²) in [5.41, 5.74) is 1.51. The minimum absolute atomic E-state index is 0.118. The van der Waals surface area contributed by atoms with E-state index in [0.717, 1.165) is 5.39 Å². The molecular formula is C23H16ClN3O2. The number of fused-ring (bicyclic) bond motifs is 1. The number of azo groups is 1. The lowest BCUT2D eigenvalue weighted by Gasteiger charge is -2.11. The minimum Gasteiger partial charge on any atom is -0.505 e. The van der Waals surface area contributed by atoms with Crippen LogP contribution < -0.4 is 5.32 Å². The van der Waals surface area contributed by atoms with Gasteiger partial charge < -0.3 is 10.4 Å². The Kier molecular flexibility index (Phi) is 5.22. The first kappa shape index (κ1) is 18.7. The lowest BCUT2D eigenvalue weighted by Crippen LogP contribution is -2.12. The maximum atomic E-state index is 12.8. The Bertz CT molecular complexity index is 1220. The summed E-state index contributed by atoms with van der Waals surface area (Å²) >= 11 is 5.99. The van der Waals surface area contributed by atoms with Crippen LogP contribution in [0.4, 0.5) is 17.1 Å². The molecule has 0 bridgehead atoms. The van der Waals surface area contributed by atoms with E-state index in [2.05, 4.69) is 15.5 Å². The molecule has 0 aliphatic carbocycles. The van der Waals surface area contributed by atoms with Gasteiger partial charge in [-0.15, -0.1) is 5.11 Å². The van der Waals surface area contributed by atoms with Gasteiger partial charge in [0.2, 0.25) is 0 Å². The van der Waals surface area contributed by atoms with Crippen LogP contribution in [0.1, 0.15) is 10.4 Å². The summed E-state index contributed by atoms with van der Waals surface area (Å²) in [4.78, 5) is 12.8. The molecule has 2 N–H and O–H groups in total. The van der Waals surface area contributed by atoms with Crippen molar-refractivity contribution in [1.29, 1.82) is 0 Å². The number of nitrogens with zero attached hydrogens (tertiary/aromatic N) is 2. The van der Waals surface area contributed by atoms with Crippen LogP contribution in [0.5, 0.6) is 5.75 Å². The van der Waals surface area contributed by atoms with Crippen molar-refractivity contribution in [2.45, 2.75) is 0 Å². The Balaban J connectivity index is 1.78. The fraction of sp³-hybridized carbons (Fsp3) is 0. The zero-order valence-electron chi connectivity index (χ0n) is 15.2. The van der Waals surface area contributed by atoms with E-state index < -0.39 is 5.91 Å². The molecule has 4 aromatic carbocycles. The number of halogens is 1. The zero-order valence-corrected chi connectivity index (χ0v) is 16.0. The normalized spacial score (nSPS) is 11.1. The van der Waals surface area contributed by atoms with Gasteiger partial charge in [-0.05, 0) is 41.8 Å². The van der Waals surface area contributed by atoms with Crippen molar-refractivity contribution in [1.82, 2.24) is 0 Å². The molecule has 0 heterocycles. The molecule has 0 aliphatic rings. The third kappa shape index (κ3) is 4.10. The number of carbonyl (C=O) groups excluding carboxylic acids is 1. The van der Waals surface area contributed by atoms with Gasteiger partial charge >= 0.3 is 0 Å². The van der Waals surface area contributed by atoms with Crippen LogP contribution in [-0.2, 0) is 0 Å². The Hall–Kier alpha value is -3.70. The van der Waals surface area contributed by atoms with Gasteiger partial charge in [0, 0.05) is 16.1 Å². The van der Waals surface area contributed by atoms with Gasteiger partial charge in [-0.3, -0.25) is 4.79 Å². The average molecular weight is 402 g/mol. The van der Waals surface area contributed by atoms with Crippen molar-refractivity contribution < 1.29 is 9.90 Å². The highest BCUT2D eigenvalue weighted by molar-refractivity contribution is 6.30. The molecule has 0 aliphatic heterocycles. The molecule has 0 saturated heterocycles. The van der Waals surface area contributed by atoms with Crippen molar-refractivity contribution in [3.05, 3.63) is 95.5 Å². The standard InChI is InChI=1S/C23H16ClN3O2/c24-16-8-6-11-18(14-16)26-27-21-19-12-5-4-7-15(19)13-20(22(21)28)23(29)25-17-9-2-1-3-10-17/h1-14,28H,(H,25,29). The second kappa shape index (κ2) is 8.12. The highest BCUT2D eigenvalue weighted by Crippen LogP contribution is 2.39. The van der Waals surface area contributed by atoms with Crippen molar-refractivity contribution in [2.75, 3.05) is 5.32 Å². The molecule has 29 heavy (non-hydrogen) atoms. The Labute approximate surface area is 172 Å². The number of phenolic OH excluding ortho intramolecular Hbond substituents is 1. The third-order valence-corrected chi connectivity index (χ3v) is 4.58. The molecule has 5 nitrogen and oxygen atoms in total. The van der Waals surface area contributed by atoms with Crippen LogP contribution in [0.25, 0.3) is 10.8 Å². The van der Waals surface area contributed by atoms with Crippen LogP contribution >= 0.6 is 11.6 Å². The number of aromatic hydroxyl groups is 1. The number of carbonyl (C=O) groups is 1. The van der Waals surface area contributed by atoms with Crippen LogP contribution in [0, 0.1) is 0 Å². The van der Waals surface area contributed by atoms with Crippen molar-refractivity contribution in [2.24, 2.45) is 10.2 Å². The van der Waals surface area contributed by atoms with E-state index in [-0.39, 0.29) is 17.0 Å². The molecule has 4 rings (SSSR count). The molecule has 6 heteroatoms. The summed E-state index contributed by atoms with van der Waals surface area (Å²) < 4.78 is 0. The predicted octanol–water partition coefficient (Wildman–Crippen LogP) is 6.87. The number of benzene rings is 4. The number of hydrogen-bond acceptors (Lipinski definition) is 4. The summed E-state index contributed by atoms with van der Waals surface area (Å²) in [6, 6.07) is 25.0. The van der Waals surface area contributed by atoms with E-state index in [4.69, 9.17) is 11.6 Å². The topological polar surface area (TPSA) is 74.0 Å². The first-order valence-electron chi connectivity index (χ1n) is 8.90. The van der Waals surface area contributed by atoms with Gasteiger partial charge in [0.25, 0.3) is 5.91 Å². The minimum atomic E-state index is -0.432. The predicted molar refractivity (Wildman–Crippen MR) is 116 cm³/mol. The molecular weight excluding hydrogens is 386 g/mol. The molecule has 1 amide bonds. The summed E-state index contributed by atoms with van der Waals surface area (Å²) in [5, 5.41) is 24.0. The van der Waals surface area contributed by atoms with E-state index in [1.807, 2.05) is 42.5 Å². The number of nitrogens with one attached hydrogen (secondary N) is 1. The number of para-hydroxylation sites is 1. The van der Waals surface area contributed by atoms with Gasteiger partial charge in [0.05, 0.1) is 11.3 Å². The lowest BCUT2D eigenvalue weighted by molar-refractivity contribution is 0.102. The van der Waals surface area contributed by atoms with Crippen LogP contribution in [0.15, 0.2) is 95.2 Å². The molecule has 0 atom stereocenters. The molecule has 0 fully saturated rings. The number of amides is 1. The van der Waals surface area contributed by atoms with Gasteiger partial charge in [-0.1, -0.05) is 60.1 Å². The molecule has 0 spiro atoms. The second-order valence-electron chi connectivity index (χ2n) is 6.34. The molecule has 4 aromatic rings. The van der Waals surface area contributed by atoms with Gasteiger partial charge in [-0.25, -0.2) is 0 Å². The lowest BCUT2D eigenvalue weighted by atomic mass is 10.0. The number of anilines is 1. The summed E-state index contributed by atoms with van der Waals surface area (Å²) in [6.45, 7) is 0. The van der Waals surface area contributed by atoms with Crippen LogP contribution in [0.2, 0.25) is 5.02 Å². The molecule has 0 radical (unpaired) electrons. The fourth-order valence-corrected chi connectivity index (χ4v) is 3.14. The highest BCUT2D eigenvalue weighted by Gasteiger charge is 2.18. The molecule has 0 saturated carbocycles. The maximum absolute atomic E-state index is 12.8. The van der Waals surface area contributed by atoms with Crippen LogP contribution in [0.3, 0.4) is 0 Å². The van der Waals surface area contributed by atoms with E-state index >= 15 is 0 Å². The highest BCUT2D eigenvalue weighted by atomic mass is 35.5.